The van der Waals surface area contributed by atoms with Crippen LogP contribution in [0, 0.1) is 0 Å². The summed E-state index contributed by atoms with van der Waals surface area (Å²) < 4.78 is 10.7. The van der Waals surface area contributed by atoms with Gasteiger partial charge >= 0.3 is 5.97 Å². The van der Waals surface area contributed by atoms with Gasteiger partial charge in [0.15, 0.2) is 6.61 Å². The van der Waals surface area contributed by atoms with E-state index in [1.54, 1.807) is 0 Å². The lowest BCUT2D eigenvalue weighted by molar-refractivity contribution is -0.163. The van der Waals surface area contributed by atoms with E-state index in [1.165, 1.54) is 42.5 Å². The number of benzene rings is 2. The summed E-state index contributed by atoms with van der Waals surface area (Å²) >= 11 is 11.8. The molecule has 2 fully saturated rings. The van der Waals surface area contributed by atoms with Gasteiger partial charge in [0.05, 0.1) is 29.7 Å². The third-order valence-electron chi connectivity index (χ3n) is 6.02. The Morgan fingerprint density at radius 3 is 2.60 bits per heavy atom. The number of halogens is 2. The molecule has 0 saturated carbocycles. The number of hydrogen-bond donors (Lipinski definition) is 1. The molecule has 2 aromatic carbocycles. The Balaban J connectivity index is 1.26. The third-order valence-corrected chi connectivity index (χ3v) is 6.56. The molecule has 0 bridgehead atoms. The molecule has 0 spiro atoms. The molecule has 2 aliphatic rings. The lowest BCUT2D eigenvalue weighted by Crippen LogP contribution is -2.56. The van der Waals surface area contributed by atoms with Crippen LogP contribution in [0.15, 0.2) is 42.5 Å². The zero-order chi connectivity index (χ0) is 24.9. The fraction of sp³-hybridized carbons (Fsp3) is 0.360. The number of esters is 1. The molecule has 10 heteroatoms. The maximum Gasteiger partial charge on any atom is 0.338 e. The lowest BCUT2D eigenvalue weighted by atomic mass is 9.99. The molecule has 4 rings (SSSR count). The van der Waals surface area contributed by atoms with Gasteiger partial charge in [-0.05, 0) is 61.7 Å². The SMILES string of the molecule is O=C(CC1OCC2CCCCN2C1=O)Nc1ccc(C(=O)OCC(=O)c2ccc(Cl)cc2Cl)cc1. The first-order chi connectivity index (χ1) is 16.8. The van der Waals surface area contributed by atoms with Gasteiger partial charge in [0, 0.05) is 22.8 Å². The average Bonchev–Trinajstić information content (AvgIpc) is 2.84. The Kier molecular flexibility index (Phi) is 8.05. The predicted octanol–water partition coefficient (Wildman–Crippen LogP) is 4.14. The number of carbonyl (C=O) groups excluding carboxylic acids is 4. The number of Topliss-reactive ketones (excluding diaryl/α,β-unsaturated/α-hetero) is 1. The molecule has 184 valence electrons. The highest BCUT2D eigenvalue weighted by Crippen LogP contribution is 2.25. The van der Waals surface area contributed by atoms with Crippen molar-refractivity contribution in [2.45, 2.75) is 37.8 Å². The molecular formula is C25H24Cl2N2O6. The van der Waals surface area contributed by atoms with Gasteiger partial charge in [-0.15, -0.1) is 0 Å². The van der Waals surface area contributed by atoms with Crippen LogP contribution >= 0.6 is 23.2 Å². The van der Waals surface area contributed by atoms with Gasteiger partial charge in [-0.1, -0.05) is 23.2 Å². The molecule has 0 aliphatic carbocycles. The Labute approximate surface area is 212 Å². The molecule has 2 atom stereocenters. The molecular weight excluding hydrogens is 495 g/mol. The summed E-state index contributed by atoms with van der Waals surface area (Å²) in [5, 5.41) is 3.28. The zero-order valence-corrected chi connectivity index (χ0v) is 20.3. The van der Waals surface area contributed by atoms with Crippen LogP contribution in [-0.2, 0) is 19.1 Å². The number of rotatable bonds is 7. The van der Waals surface area contributed by atoms with Gasteiger partial charge in [0.2, 0.25) is 11.7 Å². The van der Waals surface area contributed by atoms with E-state index in [9.17, 15) is 19.2 Å². The minimum atomic E-state index is -0.787. The summed E-state index contributed by atoms with van der Waals surface area (Å²) in [6, 6.07) is 10.6. The van der Waals surface area contributed by atoms with Crippen LogP contribution in [-0.4, -0.2) is 60.4 Å². The average molecular weight is 519 g/mol. The van der Waals surface area contributed by atoms with Crippen molar-refractivity contribution in [2.24, 2.45) is 0 Å². The number of ketones is 1. The molecule has 2 aromatic rings. The van der Waals surface area contributed by atoms with Gasteiger partial charge in [-0.2, -0.15) is 0 Å². The number of amides is 2. The van der Waals surface area contributed by atoms with Gasteiger partial charge in [0.1, 0.15) is 6.10 Å². The summed E-state index contributed by atoms with van der Waals surface area (Å²) in [5.41, 5.74) is 0.868. The number of piperidine rings is 1. The van der Waals surface area contributed by atoms with Gasteiger partial charge in [-0.25, -0.2) is 4.79 Å². The fourth-order valence-electron chi connectivity index (χ4n) is 4.17. The van der Waals surface area contributed by atoms with Crippen molar-refractivity contribution in [3.63, 3.8) is 0 Å². The summed E-state index contributed by atoms with van der Waals surface area (Å²) in [6.07, 6.45) is 2.12. The molecule has 8 nitrogen and oxygen atoms in total. The largest absolute Gasteiger partial charge is 0.454 e. The second-order valence-electron chi connectivity index (χ2n) is 8.46. The maximum absolute atomic E-state index is 12.6. The molecule has 2 aliphatic heterocycles. The van der Waals surface area contributed by atoms with E-state index in [0.29, 0.717) is 23.9 Å². The van der Waals surface area contributed by atoms with Crippen LogP contribution in [0.4, 0.5) is 5.69 Å². The van der Waals surface area contributed by atoms with Crippen molar-refractivity contribution in [3.05, 3.63) is 63.6 Å². The Bertz CT molecular complexity index is 1140. The monoisotopic (exact) mass is 518 g/mol. The minimum absolute atomic E-state index is 0.0821. The predicted molar refractivity (Wildman–Crippen MR) is 130 cm³/mol. The molecule has 1 N–H and O–H groups in total. The zero-order valence-electron chi connectivity index (χ0n) is 18.8. The molecule has 0 radical (unpaired) electrons. The summed E-state index contributed by atoms with van der Waals surface area (Å²) in [4.78, 5) is 51.5. The topological polar surface area (TPSA) is 102 Å². The van der Waals surface area contributed by atoms with Crippen molar-refractivity contribution in [2.75, 3.05) is 25.1 Å². The van der Waals surface area contributed by atoms with Gasteiger partial charge in [0.25, 0.3) is 5.91 Å². The highest BCUT2D eigenvalue weighted by Gasteiger charge is 2.38. The molecule has 35 heavy (non-hydrogen) atoms. The number of morpholine rings is 1. The van der Waals surface area contributed by atoms with E-state index in [0.717, 1.165) is 19.3 Å². The molecule has 2 amide bonds. The van der Waals surface area contributed by atoms with E-state index < -0.39 is 24.5 Å². The van der Waals surface area contributed by atoms with E-state index in [-0.39, 0.29) is 40.4 Å². The third kappa shape index (κ3) is 6.20. The van der Waals surface area contributed by atoms with Crippen molar-refractivity contribution < 1.29 is 28.7 Å². The van der Waals surface area contributed by atoms with Gasteiger partial charge in [-0.3, -0.25) is 14.4 Å². The highest BCUT2D eigenvalue weighted by atomic mass is 35.5. The molecule has 2 heterocycles. The smallest absolute Gasteiger partial charge is 0.338 e. The number of fused-ring (bicyclic) bond motifs is 1. The van der Waals surface area contributed by atoms with Crippen LogP contribution in [0.5, 0.6) is 0 Å². The standard InChI is InChI=1S/C25H24Cl2N2O6/c26-16-6-9-19(20(27)11-16)21(30)14-35-25(33)15-4-7-17(8-5-15)28-23(31)12-22-24(32)29-10-2-1-3-18(29)13-34-22/h4-9,11,18,22H,1-3,10,12-14H2,(H,28,31). The molecule has 2 unspecified atom stereocenters. The van der Waals surface area contributed by atoms with Crippen LogP contribution in [0.25, 0.3) is 0 Å². The molecule has 2 saturated heterocycles. The molecule has 0 aromatic heterocycles. The Morgan fingerprint density at radius 1 is 1.09 bits per heavy atom. The van der Waals surface area contributed by atoms with Gasteiger partial charge < -0.3 is 19.7 Å². The van der Waals surface area contributed by atoms with Crippen LogP contribution in [0.2, 0.25) is 10.0 Å². The lowest BCUT2D eigenvalue weighted by Gasteiger charge is -2.41. The Hall–Kier alpha value is -2.94. The maximum atomic E-state index is 12.6. The normalized spacial score (nSPS) is 19.6. The first kappa shape index (κ1) is 25.2. The second kappa shape index (κ2) is 11.2. The van der Waals surface area contributed by atoms with E-state index in [2.05, 4.69) is 5.32 Å². The van der Waals surface area contributed by atoms with E-state index in [4.69, 9.17) is 32.7 Å². The number of nitrogens with zero attached hydrogens (tertiary/aromatic N) is 1. The van der Waals surface area contributed by atoms with Crippen molar-refractivity contribution in [3.8, 4) is 0 Å². The first-order valence-corrected chi connectivity index (χ1v) is 12.0. The van der Waals surface area contributed by atoms with Crippen molar-refractivity contribution >= 4 is 52.5 Å². The summed E-state index contributed by atoms with van der Waals surface area (Å²) in [6.45, 7) is 0.681. The number of ether oxygens (including phenoxy) is 2. The van der Waals surface area contributed by atoms with Crippen molar-refractivity contribution in [1.29, 1.82) is 0 Å². The fourth-order valence-corrected chi connectivity index (χ4v) is 4.69. The van der Waals surface area contributed by atoms with Crippen LogP contribution in [0.1, 0.15) is 46.4 Å². The summed E-state index contributed by atoms with van der Waals surface area (Å²) in [7, 11) is 0. The Morgan fingerprint density at radius 2 is 1.86 bits per heavy atom. The van der Waals surface area contributed by atoms with E-state index >= 15 is 0 Å². The van der Waals surface area contributed by atoms with Crippen LogP contribution in [0.3, 0.4) is 0 Å². The highest BCUT2D eigenvalue weighted by molar-refractivity contribution is 6.36. The quantitative estimate of drug-likeness (QED) is 0.436. The number of hydrogen-bond acceptors (Lipinski definition) is 6. The van der Waals surface area contributed by atoms with Crippen molar-refractivity contribution in [1.82, 2.24) is 4.90 Å². The van der Waals surface area contributed by atoms with E-state index in [1.807, 2.05) is 4.90 Å². The number of anilines is 1. The first-order valence-electron chi connectivity index (χ1n) is 11.3. The second-order valence-corrected chi connectivity index (χ2v) is 9.30. The number of nitrogens with one attached hydrogen (secondary N) is 1. The minimum Gasteiger partial charge on any atom is -0.454 e. The summed E-state index contributed by atoms with van der Waals surface area (Å²) in [5.74, 6) is -1.65. The van der Waals surface area contributed by atoms with Crippen LogP contribution < -0.4 is 5.32 Å². The number of carbonyl (C=O) groups is 4.